The molecule has 7 nitrogen and oxygen atoms in total. The Bertz CT molecular complexity index is 2140. The summed E-state index contributed by atoms with van der Waals surface area (Å²) in [5.74, 6) is 1.79. The number of imidazole rings is 2. The molecule has 0 radical (unpaired) electrons. The van der Waals surface area contributed by atoms with Crippen molar-refractivity contribution < 1.29 is 35.5 Å². The molecule has 0 atom stereocenters. The summed E-state index contributed by atoms with van der Waals surface area (Å²) in [5.41, 5.74) is 5.40. The van der Waals surface area contributed by atoms with Gasteiger partial charge in [-0.15, -0.1) is 18.2 Å². The van der Waals surface area contributed by atoms with Gasteiger partial charge in [-0.1, -0.05) is 73.4 Å². The van der Waals surface area contributed by atoms with Crippen molar-refractivity contribution in [2.75, 3.05) is 0 Å². The van der Waals surface area contributed by atoms with Crippen LogP contribution in [0.3, 0.4) is 0 Å². The van der Waals surface area contributed by atoms with Crippen LogP contribution < -0.4 is 19.7 Å². The summed E-state index contributed by atoms with van der Waals surface area (Å²) in [5, 5.41) is 13.1. The summed E-state index contributed by atoms with van der Waals surface area (Å²) >= 11 is 0. The second-order valence-electron chi connectivity index (χ2n) is 10.7. The van der Waals surface area contributed by atoms with Crippen molar-refractivity contribution in [1.82, 2.24) is 19.1 Å². The molecule has 42 heavy (non-hydrogen) atoms. The van der Waals surface area contributed by atoms with Gasteiger partial charge >= 0.3 is 21.1 Å². The maximum Gasteiger partial charge on any atom is 2.00 e. The zero-order chi connectivity index (χ0) is 27.7. The van der Waals surface area contributed by atoms with Gasteiger partial charge in [-0.3, -0.25) is 13.7 Å². The zero-order valence-electron chi connectivity index (χ0n) is 22.7. The van der Waals surface area contributed by atoms with Crippen molar-refractivity contribution in [1.29, 1.82) is 0 Å². The number of ether oxygens (including phenoxy) is 1. The van der Waals surface area contributed by atoms with Crippen LogP contribution in [0.4, 0.5) is 0 Å². The third kappa shape index (κ3) is 3.94. The predicted molar refractivity (Wildman–Crippen MR) is 160 cm³/mol. The molecule has 9 heteroatoms. The first-order valence-corrected chi connectivity index (χ1v) is 16.4. The fourth-order valence-electron chi connectivity index (χ4n) is 5.86. The Morgan fingerprint density at radius 2 is 1.60 bits per heavy atom. The van der Waals surface area contributed by atoms with E-state index in [1.54, 1.807) is 4.57 Å². The van der Waals surface area contributed by atoms with Gasteiger partial charge in [0, 0.05) is 5.75 Å². The van der Waals surface area contributed by atoms with Crippen molar-refractivity contribution in [3.8, 4) is 34.8 Å². The fraction of sp³-hybridized carbons (Fsp3) is 0.0606. The van der Waals surface area contributed by atoms with Gasteiger partial charge in [-0.25, -0.2) is 4.98 Å². The molecule has 1 aliphatic rings. The molecule has 4 aromatic carbocycles. The van der Waals surface area contributed by atoms with Gasteiger partial charge < -0.3 is 9.84 Å². The number of benzene rings is 4. The monoisotopic (exact) mass is 745 g/mol. The third-order valence-corrected chi connectivity index (χ3v) is 11.3. The van der Waals surface area contributed by atoms with Crippen LogP contribution in [0.2, 0.25) is 13.1 Å². The molecule has 7 aromatic rings. The van der Waals surface area contributed by atoms with E-state index in [0.29, 0.717) is 22.8 Å². The van der Waals surface area contributed by atoms with Gasteiger partial charge in [-0.05, 0) is 40.7 Å². The van der Waals surface area contributed by atoms with Gasteiger partial charge in [-0.2, -0.15) is 11.1 Å². The fourth-order valence-corrected chi connectivity index (χ4v) is 8.72. The second-order valence-corrected chi connectivity index (χ2v) is 15.0. The number of nitrogens with zero attached hydrogens (tertiary/aromatic N) is 5. The molecule has 0 spiro atoms. The molecule has 1 N–H and O–H groups in total. The van der Waals surface area contributed by atoms with Crippen LogP contribution in [0.15, 0.2) is 103 Å². The molecule has 0 unspecified atom stereocenters. The molecule has 0 saturated carbocycles. The SMILES string of the molecule is C[Si]1(C)c2ccc(Oc3[c-]c(-n4c(O)nc5ccccc54)ccc3)nc2-n2[c-][n+](-c3ccccc3)c3cccc1c32.[Pt+2]. The van der Waals surface area contributed by atoms with E-state index in [2.05, 4.69) is 76.0 Å². The van der Waals surface area contributed by atoms with Crippen LogP contribution in [0, 0.1) is 12.4 Å². The second kappa shape index (κ2) is 9.79. The van der Waals surface area contributed by atoms with Crippen molar-refractivity contribution in [2.24, 2.45) is 0 Å². The Morgan fingerprint density at radius 3 is 2.45 bits per heavy atom. The molecule has 8 rings (SSSR count). The molecule has 1 aliphatic heterocycles. The summed E-state index contributed by atoms with van der Waals surface area (Å²) in [6, 6.07) is 37.2. The van der Waals surface area contributed by atoms with Crippen LogP contribution in [-0.2, 0) is 21.1 Å². The van der Waals surface area contributed by atoms with Crippen molar-refractivity contribution in [2.45, 2.75) is 13.1 Å². The number of fused-ring (bicyclic) bond motifs is 3. The van der Waals surface area contributed by atoms with Crippen molar-refractivity contribution in [3.05, 3.63) is 116 Å². The van der Waals surface area contributed by atoms with E-state index in [-0.39, 0.29) is 27.1 Å². The average molecular weight is 746 g/mol. The van der Waals surface area contributed by atoms with E-state index in [9.17, 15) is 5.11 Å². The van der Waals surface area contributed by atoms with Gasteiger partial charge in [0.2, 0.25) is 5.88 Å². The summed E-state index contributed by atoms with van der Waals surface area (Å²) in [6.07, 6.45) is 3.58. The zero-order valence-corrected chi connectivity index (χ0v) is 26.0. The first-order chi connectivity index (χ1) is 20.0. The Kier molecular flexibility index (Phi) is 6.15. The minimum Gasteiger partial charge on any atom is -0.480 e. The number of hydrogen-bond acceptors (Lipinski definition) is 4. The minimum absolute atomic E-state index is 0. The predicted octanol–water partition coefficient (Wildman–Crippen LogP) is 4.87. The molecular formula is C33H24N5O2PtSi+. The van der Waals surface area contributed by atoms with Crippen molar-refractivity contribution >= 4 is 40.5 Å². The topological polar surface area (TPSA) is 69.0 Å². The first kappa shape index (κ1) is 26.4. The summed E-state index contributed by atoms with van der Waals surface area (Å²) in [6.45, 7) is 4.73. The van der Waals surface area contributed by atoms with E-state index in [4.69, 9.17) is 9.72 Å². The molecule has 0 aliphatic carbocycles. The van der Waals surface area contributed by atoms with E-state index in [0.717, 1.165) is 28.1 Å². The molecule has 206 valence electrons. The average Bonchev–Trinajstić information content (AvgIpc) is 3.54. The molecule has 3 aromatic heterocycles. The quantitative estimate of drug-likeness (QED) is 0.159. The van der Waals surface area contributed by atoms with E-state index in [1.165, 1.54) is 10.4 Å². The Balaban J connectivity index is 0.00000288. The molecular weight excluding hydrogens is 722 g/mol. The van der Waals surface area contributed by atoms with Gasteiger partial charge in [0.1, 0.15) is 8.07 Å². The number of hydrogen-bond donors (Lipinski definition) is 1. The summed E-state index contributed by atoms with van der Waals surface area (Å²) in [4.78, 5) is 9.30. The number of aromatic nitrogens is 5. The number of aromatic hydroxyl groups is 1. The smallest absolute Gasteiger partial charge is 0.480 e. The van der Waals surface area contributed by atoms with E-state index >= 15 is 0 Å². The standard InChI is InChI=1S/C33H24N5O2Si.Pt/c1-41(2)28-17-9-16-27-31(28)37(21-36(27)22-10-4-3-5-11-22)32-29(41)18-19-30(35-32)40-24-13-8-12-23(20-24)38-26-15-7-6-14-25(26)34-33(38)39;/h3-19H,1-2H3,(H,34,39);/q-1;+2. The van der Waals surface area contributed by atoms with Crippen LogP contribution >= 0.6 is 0 Å². The minimum atomic E-state index is -2.06. The van der Waals surface area contributed by atoms with E-state index < -0.39 is 8.07 Å². The normalized spacial score (nSPS) is 13.1. The maximum atomic E-state index is 10.6. The number of rotatable bonds is 4. The van der Waals surface area contributed by atoms with Gasteiger partial charge in [0.05, 0.1) is 27.8 Å². The number of para-hydroxylation sites is 4. The molecule has 4 heterocycles. The summed E-state index contributed by atoms with van der Waals surface area (Å²) in [7, 11) is -2.06. The Labute approximate surface area is 257 Å². The van der Waals surface area contributed by atoms with Crippen LogP contribution in [0.1, 0.15) is 0 Å². The number of pyridine rings is 1. The van der Waals surface area contributed by atoms with Gasteiger partial charge in [0.25, 0.3) is 12.3 Å². The van der Waals surface area contributed by atoms with Crippen LogP contribution in [0.25, 0.3) is 39.3 Å². The molecule has 0 fully saturated rings. The molecule has 0 bridgehead atoms. The maximum absolute atomic E-state index is 10.6. The Morgan fingerprint density at radius 1 is 0.810 bits per heavy atom. The Hall–Kier alpha value is -4.52. The molecule has 0 amide bonds. The first-order valence-electron chi connectivity index (χ1n) is 13.4. The molecule has 0 saturated heterocycles. The van der Waals surface area contributed by atoms with Crippen LogP contribution in [0.5, 0.6) is 17.6 Å². The largest absolute Gasteiger partial charge is 2.00 e. The summed E-state index contributed by atoms with van der Waals surface area (Å²) < 4.78 is 12.1. The van der Waals surface area contributed by atoms with E-state index in [1.807, 2.05) is 66.7 Å². The van der Waals surface area contributed by atoms with Crippen LogP contribution in [-0.4, -0.2) is 32.3 Å². The van der Waals surface area contributed by atoms with Crippen molar-refractivity contribution in [3.63, 3.8) is 0 Å². The van der Waals surface area contributed by atoms with Gasteiger partial charge in [0.15, 0.2) is 5.82 Å². The third-order valence-electron chi connectivity index (χ3n) is 7.85.